The molecule has 1 aromatic rings. The summed E-state index contributed by atoms with van der Waals surface area (Å²) < 4.78 is 11.2. The molecule has 2 aliphatic rings. The third-order valence-electron chi connectivity index (χ3n) is 3.58. The van der Waals surface area contributed by atoms with Crippen LogP contribution in [-0.4, -0.2) is 25.2 Å². The number of nitrogens with one attached hydrogen (secondary N) is 1. The molecule has 0 spiro atoms. The number of carbonyl (C=O) groups is 1. The standard InChI is InChI=1S/C14H18N2O3/c15-11-6-9-3-4-14(17)16-12(9)7-13(11)19-8-10-2-1-5-18-10/h6-7,10H,1-5,8,15H2,(H,16,17). The second-order valence-corrected chi connectivity index (χ2v) is 5.04. The fourth-order valence-electron chi connectivity index (χ4n) is 2.51. The summed E-state index contributed by atoms with van der Waals surface area (Å²) >= 11 is 0. The van der Waals surface area contributed by atoms with Crippen LogP contribution in [0.4, 0.5) is 11.4 Å². The number of amides is 1. The molecule has 0 saturated carbocycles. The highest BCUT2D eigenvalue weighted by atomic mass is 16.5. The Morgan fingerprint density at radius 1 is 1.42 bits per heavy atom. The predicted octanol–water partition coefficient (Wildman–Crippen LogP) is 1.71. The molecule has 0 bridgehead atoms. The summed E-state index contributed by atoms with van der Waals surface area (Å²) in [6, 6.07) is 3.70. The molecule has 1 aromatic carbocycles. The van der Waals surface area contributed by atoms with Crippen LogP contribution in [0.5, 0.6) is 5.75 Å². The maximum Gasteiger partial charge on any atom is 0.224 e. The van der Waals surface area contributed by atoms with E-state index in [2.05, 4.69) is 5.32 Å². The number of hydrogen-bond acceptors (Lipinski definition) is 4. The van der Waals surface area contributed by atoms with Gasteiger partial charge in [-0.1, -0.05) is 0 Å². The first-order valence-electron chi connectivity index (χ1n) is 6.69. The highest BCUT2D eigenvalue weighted by Gasteiger charge is 2.19. The number of ether oxygens (including phenoxy) is 2. The fourth-order valence-corrected chi connectivity index (χ4v) is 2.51. The molecule has 2 aliphatic heterocycles. The molecule has 0 aromatic heterocycles. The minimum atomic E-state index is 0.0438. The molecule has 5 nitrogen and oxygen atoms in total. The van der Waals surface area contributed by atoms with E-state index in [-0.39, 0.29) is 12.0 Å². The first kappa shape index (κ1) is 12.3. The Balaban J connectivity index is 1.73. The van der Waals surface area contributed by atoms with Gasteiger partial charge in [-0.2, -0.15) is 0 Å². The van der Waals surface area contributed by atoms with Gasteiger partial charge in [-0.25, -0.2) is 0 Å². The minimum Gasteiger partial charge on any atom is -0.489 e. The largest absolute Gasteiger partial charge is 0.489 e. The van der Waals surface area contributed by atoms with Gasteiger partial charge in [-0.15, -0.1) is 0 Å². The Bertz CT molecular complexity index is 496. The smallest absolute Gasteiger partial charge is 0.224 e. The lowest BCUT2D eigenvalue weighted by Gasteiger charge is -2.20. The van der Waals surface area contributed by atoms with Crippen molar-refractivity contribution in [1.82, 2.24) is 0 Å². The maximum atomic E-state index is 11.4. The quantitative estimate of drug-likeness (QED) is 0.813. The van der Waals surface area contributed by atoms with E-state index in [1.807, 2.05) is 12.1 Å². The molecule has 19 heavy (non-hydrogen) atoms. The molecule has 1 fully saturated rings. The van der Waals surface area contributed by atoms with E-state index < -0.39 is 0 Å². The third kappa shape index (κ3) is 2.66. The van der Waals surface area contributed by atoms with E-state index in [9.17, 15) is 4.79 Å². The van der Waals surface area contributed by atoms with Crippen molar-refractivity contribution in [2.45, 2.75) is 31.8 Å². The molecule has 1 atom stereocenters. The van der Waals surface area contributed by atoms with E-state index in [1.165, 1.54) is 0 Å². The maximum absolute atomic E-state index is 11.4. The molecule has 0 aliphatic carbocycles. The van der Waals surface area contributed by atoms with E-state index in [0.29, 0.717) is 24.5 Å². The topological polar surface area (TPSA) is 73.6 Å². The molecule has 3 N–H and O–H groups in total. The zero-order chi connectivity index (χ0) is 13.2. The van der Waals surface area contributed by atoms with E-state index >= 15 is 0 Å². The van der Waals surface area contributed by atoms with Crippen molar-refractivity contribution >= 4 is 17.3 Å². The van der Waals surface area contributed by atoms with Gasteiger partial charge >= 0.3 is 0 Å². The second-order valence-electron chi connectivity index (χ2n) is 5.04. The highest BCUT2D eigenvalue weighted by Crippen LogP contribution is 2.33. The lowest BCUT2D eigenvalue weighted by molar-refractivity contribution is -0.116. The number of hydrogen-bond donors (Lipinski definition) is 2. The average molecular weight is 262 g/mol. The Morgan fingerprint density at radius 3 is 3.11 bits per heavy atom. The van der Waals surface area contributed by atoms with Crippen LogP contribution in [0.25, 0.3) is 0 Å². The third-order valence-corrected chi connectivity index (χ3v) is 3.58. The number of nitrogens with two attached hydrogens (primary N) is 1. The molecule has 0 radical (unpaired) electrons. The zero-order valence-corrected chi connectivity index (χ0v) is 10.8. The summed E-state index contributed by atoms with van der Waals surface area (Å²) in [5.41, 5.74) is 8.49. The van der Waals surface area contributed by atoms with Gasteiger partial charge in [-0.05, 0) is 30.9 Å². The van der Waals surface area contributed by atoms with Crippen LogP contribution < -0.4 is 15.8 Å². The van der Waals surface area contributed by atoms with Gasteiger partial charge in [0.2, 0.25) is 5.91 Å². The Kier molecular flexibility index (Phi) is 3.29. The zero-order valence-electron chi connectivity index (χ0n) is 10.8. The van der Waals surface area contributed by atoms with Crippen molar-refractivity contribution in [2.75, 3.05) is 24.3 Å². The molecule has 5 heteroatoms. The van der Waals surface area contributed by atoms with Crippen LogP contribution in [0.3, 0.4) is 0 Å². The SMILES string of the molecule is Nc1cc2c(cc1OCC1CCCO1)NC(=O)CC2. The molecule has 3 rings (SSSR count). The first-order chi connectivity index (χ1) is 9.22. The van der Waals surface area contributed by atoms with E-state index in [4.69, 9.17) is 15.2 Å². The van der Waals surface area contributed by atoms with Gasteiger partial charge < -0.3 is 20.5 Å². The van der Waals surface area contributed by atoms with Crippen LogP contribution in [0.2, 0.25) is 0 Å². The number of aryl methyl sites for hydroxylation is 1. The predicted molar refractivity (Wildman–Crippen MR) is 72.3 cm³/mol. The van der Waals surface area contributed by atoms with Crippen molar-refractivity contribution in [3.63, 3.8) is 0 Å². The lowest BCUT2D eigenvalue weighted by atomic mass is 10.0. The highest BCUT2D eigenvalue weighted by molar-refractivity contribution is 5.94. The summed E-state index contributed by atoms with van der Waals surface area (Å²) in [4.78, 5) is 11.4. The minimum absolute atomic E-state index is 0.0438. The lowest BCUT2D eigenvalue weighted by Crippen LogP contribution is -2.20. The van der Waals surface area contributed by atoms with Crippen LogP contribution >= 0.6 is 0 Å². The molecular weight excluding hydrogens is 244 g/mol. The number of nitrogen functional groups attached to an aromatic ring is 1. The average Bonchev–Trinajstić information content (AvgIpc) is 2.90. The van der Waals surface area contributed by atoms with Crippen LogP contribution in [0.15, 0.2) is 12.1 Å². The summed E-state index contributed by atoms with van der Waals surface area (Å²) in [5.74, 6) is 0.666. The van der Waals surface area contributed by atoms with Crippen molar-refractivity contribution in [3.8, 4) is 5.75 Å². The number of benzene rings is 1. The van der Waals surface area contributed by atoms with Gasteiger partial charge in [0.15, 0.2) is 0 Å². The normalized spacial score (nSPS) is 21.9. The van der Waals surface area contributed by atoms with Gasteiger partial charge in [0.25, 0.3) is 0 Å². The molecule has 1 amide bonds. The fraction of sp³-hybridized carbons (Fsp3) is 0.500. The second kappa shape index (κ2) is 5.09. The number of anilines is 2. The van der Waals surface area contributed by atoms with Crippen LogP contribution in [0.1, 0.15) is 24.8 Å². The van der Waals surface area contributed by atoms with E-state index in [1.54, 1.807) is 0 Å². The van der Waals surface area contributed by atoms with Gasteiger partial charge in [-0.3, -0.25) is 4.79 Å². The summed E-state index contributed by atoms with van der Waals surface area (Å²) in [6.07, 6.45) is 3.52. The summed E-state index contributed by atoms with van der Waals surface area (Å²) in [7, 11) is 0. The van der Waals surface area contributed by atoms with Crippen LogP contribution in [0, 0.1) is 0 Å². The summed E-state index contributed by atoms with van der Waals surface area (Å²) in [6.45, 7) is 1.32. The van der Waals surface area contributed by atoms with Gasteiger partial charge in [0.05, 0.1) is 11.8 Å². The molecule has 102 valence electrons. The van der Waals surface area contributed by atoms with Gasteiger partial charge in [0.1, 0.15) is 12.4 Å². The first-order valence-corrected chi connectivity index (χ1v) is 6.69. The Labute approximate surface area is 112 Å². The monoisotopic (exact) mass is 262 g/mol. The number of fused-ring (bicyclic) bond motifs is 1. The number of rotatable bonds is 3. The molecule has 1 saturated heterocycles. The van der Waals surface area contributed by atoms with Gasteiger partial charge in [0, 0.05) is 24.8 Å². The van der Waals surface area contributed by atoms with Crippen molar-refractivity contribution in [2.24, 2.45) is 0 Å². The molecule has 1 unspecified atom stereocenters. The Hall–Kier alpha value is -1.75. The van der Waals surface area contributed by atoms with Crippen molar-refractivity contribution in [3.05, 3.63) is 17.7 Å². The van der Waals surface area contributed by atoms with E-state index in [0.717, 1.165) is 37.1 Å². The van der Waals surface area contributed by atoms with Crippen LogP contribution in [-0.2, 0) is 16.0 Å². The molecule has 2 heterocycles. The Morgan fingerprint density at radius 2 is 2.32 bits per heavy atom. The molecular formula is C14H18N2O3. The number of carbonyl (C=O) groups excluding carboxylic acids is 1. The van der Waals surface area contributed by atoms with Crippen molar-refractivity contribution < 1.29 is 14.3 Å². The van der Waals surface area contributed by atoms with Crippen molar-refractivity contribution in [1.29, 1.82) is 0 Å². The summed E-state index contributed by atoms with van der Waals surface area (Å²) in [5, 5.41) is 2.85.